The number of fused-ring (bicyclic) bond motifs is 3. The number of ether oxygens (including phenoxy) is 1. The standard InChI is InChI=1S/C29H34Cl2N6O3/c1-3-19-16-33-25-22(10-9-18(17-37(19)25)20-6-4-8-23(30)28(20,2)31)34-26(38)36-14-11-29(12-15-36)21-7-5-13-32-24(21)35-27(39)40-29/h4-8,13,16,18,22-23H,3,9-12,14-15,17H2,1-2H3,(H,34,38)(H,32,35,39)/t18-,22-,23?,28?/m1/s1. The number of amides is 3. The first-order valence-electron chi connectivity index (χ1n) is 14.0. The molecule has 1 fully saturated rings. The molecule has 1 spiro atoms. The van der Waals surface area contributed by atoms with Crippen LogP contribution in [0, 0.1) is 5.92 Å². The Bertz CT molecular complexity index is 1380. The summed E-state index contributed by atoms with van der Waals surface area (Å²) in [6.45, 7) is 5.76. The Balaban J connectivity index is 1.18. The van der Waals surface area contributed by atoms with E-state index in [1.54, 1.807) is 11.1 Å². The molecular formula is C29H34Cl2N6O3. The molecule has 2 N–H and O–H groups in total. The number of imidazole rings is 1. The number of alkyl halides is 2. The molecule has 0 radical (unpaired) electrons. The lowest BCUT2D eigenvalue weighted by Gasteiger charge is -2.43. The summed E-state index contributed by atoms with van der Waals surface area (Å²) in [6, 6.07) is 3.40. The van der Waals surface area contributed by atoms with E-state index in [1.807, 2.05) is 37.4 Å². The average Bonchev–Trinajstić information content (AvgIpc) is 3.26. The van der Waals surface area contributed by atoms with Gasteiger partial charge in [0.15, 0.2) is 0 Å². The predicted octanol–water partition coefficient (Wildman–Crippen LogP) is 5.66. The molecule has 3 amide bonds. The lowest BCUT2D eigenvalue weighted by molar-refractivity contribution is -0.0308. The maximum atomic E-state index is 13.6. The van der Waals surface area contributed by atoms with E-state index < -0.39 is 16.6 Å². The minimum absolute atomic E-state index is 0.139. The number of carbonyl (C=O) groups is 2. The van der Waals surface area contributed by atoms with Gasteiger partial charge < -0.3 is 19.5 Å². The van der Waals surface area contributed by atoms with Gasteiger partial charge in [0.05, 0.1) is 16.3 Å². The third kappa shape index (κ3) is 4.67. The number of nitrogens with one attached hydrogen (secondary N) is 2. The molecule has 3 aliphatic heterocycles. The summed E-state index contributed by atoms with van der Waals surface area (Å²) in [5, 5.41) is 5.66. The zero-order chi connectivity index (χ0) is 28.1. The zero-order valence-electron chi connectivity index (χ0n) is 22.7. The zero-order valence-corrected chi connectivity index (χ0v) is 24.2. The van der Waals surface area contributed by atoms with Gasteiger partial charge in [0.1, 0.15) is 17.2 Å². The summed E-state index contributed by atoms with van der Waals surface area (Å²) in [5.74, 6) is 1.58. The number of nitrogens with zero attached hydrogens (tertiary/aromatic N) is 4. The number of hydrogen-bond donors (Lipinski definition) is 2. The Kier molecular flexibility index (Phi) is 7.07. The van der Waals surface area contributed by atoms with Crippen LogP contribution >= 0.6 is 23.2 Å². The smallest absolute Gasteiger partial charge is 0.413 e. The second-order valence-corrected chi connectivity index (χ2v) is 12.5. The minimum atomic E-state index is -0.777. The maximum Gasteiger partial charge on any atom is 0.413 e. The molecule has 11 heteroatoms. The van der Waals surface area contributed by atoms with Crippen LogP contribution in [0.5, 0.6) is 0 Å². The molecule has 40 heavy (non-hydrogen) atoms. The second-order valence-electron chi connectivity index (χ2n) is 11.2. The fraction of sp³-hybridized carbons (Fsp3) is 0.517. The molecule has 4 aliphatic rings. The van der Waals surface area contributed by atoms with Crippen molar-refractivity contribution in [3.63, 3.8) is 0 Å². The van der Waals surface area contributed by atoms with E-state index in [0.29, 0.717) is 31.7 Å². The molecule has 0 saturated carbocycles. The van der Waals surface area contributed by atoms with Gasteiger partial charge in [0.25, 0.3) is 0 Å². The third-order valence-electron chi connectivity index (χ3n) is 8.89. The summed E-state index contributed by atoms with van der Waals surface area (Å²) in [4.78, 5) is 36.0. The van der Waals surface area contributed by atoms with Gasteiger partial charge in [-0.05, 0) is 49.8 Å². The van der Waals surface area contributed by atoms with Crippen LogP contribution in [0.25, 0.3) is 0 Å². The van der Waals surface area contributed by atoms with E-state index in [9.17, 15) is 9.59 Å². The highest BCUT2D eigenvalue weighted by Gasteiger charge is 2.46. The summed E-state index contributed by atoms with van der Waals surface area (Å²) in [6.07, 6.45) is 12.5. The Morgan fingerprint density at radius 3 is 2.85 bits per heavy atom. The lowest BCUT2D eigenvalue weighted by atomic mass is 9.80. The van der Waals surface area contributed by atoms with Gasteiger partial charge in [-0.25, -0.2) is 19.6 Å². The number of likely N-dealkylation sites (tertiary alicyclic amines) is 1. The number of pyridine rings is 1. The monoisotopic (exact) mass is 584 g/mol. The van der Waals surface area contributed by atoms with E-state index in [0.717, 1.165) is 48.5 Å². The molecule has 212 valence electrons. The highest BCUT2D eigenvalue weighted by atomic mass is 35.5. The molecule has 2 aromatic heterocycles. The molecule has 5 heterocycles. The number of rotatable bonds is 3. The molecule has 0 bridgehead atoms. The van der Waals surface area contributed by atoms with Crippen LogP contribution in [-0.2, 0) is 23.3 Å². The van der Waals surface area contributed by atoms with E-state index in [4.69, 9.17) is 32.9 Å². The normalized spacial score (nSPS) is 29.0. The first-order valence-corrected chi connectivity index (χ1v) is 14.8. The Hall–Kier alpha value is -3.04. The van der Waals surface area contributed by atoms with Crippen LogP contribution in [0.4, 0.5) is 15.4 Å². The van der Waals surface area contributed by atoms with E-state index in [1.165, 1.54) is 0 Å². The van der Waals surface area contributed by atoms with Crippen molar-refractivity contribution >= 4 is 41.1 Å². The average molecular weight is 586 g/mol. The SMILES string of the molecule is CCc1cnc2n1C[C@H](C1=CC=CC(Cl)C1(C)Cl)CC[C@H]2NC(=O)N1CCC2(CC1)OC(=O)Nc1ncccc12. The van der Waals surface area contributed by atoms with Crippen molar-refractivity contribution in [2.75, 3.05) is 18.4 Å². The topological polar surface area (TPSA) is 101 Å². The second kappa shape index (κ2) is 10.4. The highest BCUT2D eigenvalue weighted by molar-refractivity contribution is 6.34. The highest BCUT2D eigenvalue weighted by Crippen LogP contribution is 2.44. The van der Waals surface area contributed by atoms with Crippen molar-refractivity contribution in [1.29, 1.82) is 0 Å². The van der Waals surface area contributed by atoms with Gasteiger partial charge in [-0.2, -0.15) is 0 Å². The van der Waals surface area contributed by atoms with Crippen molar-refractivity contribution in [3.8, 4) is 0 Å². The van der Waals surface area contributed by atoms with Crippen molar-refractivity contribution < 1.29 is 14.3 Å². The molecule has 9 nitrogen and oxygen atoms in total. The van der Waals surface area contributed by atoms with E-state index >= 15 is 0 Å². The number of hydrogen-bond acceptors (Lipinski definition) is 5. The number of urea groups is 1. The van der Waals surface area contributed by atoms with E-state index in [-0.39, 0.29) is 23.4 Å². The predicted molar refractivity (Wildman–Crippen MR) is 154 cm³/mol. The molecule has 1 saturated heterocycles. The van der Waals surface area contributed by atoms with Gasteiger partial charge >= 0.3 is 12.1 Å². The molecular weight excluding hydrogens is 551 g/mol. The van der Waals surface area contributed by atoms with Crippen molar-refractivity contribution in [2.45, 2.75) is 74.4 Å². The fourth-order valence-corrected chi connectivity index (χ4v) is 7.10. The first-order chi connectivity index (χ1) is 19.2. The molecule has 2 aromatic rings. The van der Waals surface area contributed by atoms with Crippen LogP contribution in [0.3, 0.4) is 0 Å². The van der Waals surface area contributed by atoms with Crippen LogP contribution < -0.4 is 10.6 Å². The quantitative estimate of drug-likeness (QED) is 0.453. The largest absolute Gasteiger partial charge is 0.437 e. The number of halogens is 2. The molecule has 1 aliphatic carbocycles. The fourth-order valence-electron chi connectivity index (χ4n) is 6.60. The van der Waals surface area contributed by atoms with Crippen LogP contribution in [-0.4, -0.2) is 54.9 Å². The Morgan fingerprint density at radius 2 is 2.08 bits per heavy atom. The van der Waals surface area contributed by atoms with Crippen LogP contribution in [0.2, 0.25) is 0 Å². The van der Waals surface area contributed by atoms with Gasteiger partial charge in [-0.1, -0.05) is 25.2 Å². The minimum Gasteiger partial charge on any atom is -0.437 e. The van der Waals surface area contributed by atoms with Crippen molar-refractivity contribution in [1.82, 2.24) is 24.8 Å². The number of piperidine rings is 1. The van der Waals surface area contributed by atoms with Crippen LogP contribution in [0.1, 0.15) is 62.7 Å². The molecule has 6 rings (SSSR count). The van der Waals surface area contributed by atoms with Gasteiger partial charge in [0.2, 0.25) is 0 Å². The number of carbonyl (C=O) groups excluding carboxylic acids is 2. The molecule has 0 aromatic carbocycles. The summed E-state index contributed by atoms with van der Waals surface area (Å²) < 4.78 is 8.05. The molecule has 4 atom stereocenters. The summed E-state index contributed by atoms with van der Waals surface area (Å²) >= 11 is 13.6. The number of aryl methyl sites for hydroxylation is 1. The van der Waals surface area contributed by atoms with Crippen molar-refractivity contribution in [2.24, 2.45) is 5.92 Å². The van der Waals surface area contributed by atoms with Gasteiger partial charge in [-0.3, -0.25) is 5.32 Å². The van der Waals surface area contributed by atoms with E-state index in [2.05, 4.69) is 33.2 Å². The first kappa shape index (κ1) is 27.1. The summed E-state index contributed by atoms with van der Waals surface area (Å²) in [7, 11) is 0. The summed E-state index contributed by atoms with van der Waals surface area (Å²) in [5.41, 5.74) is 2.34. The third-order valence-corrected chi connectivity index (χ3v) is 10.0. The van der Waals surface area contributed by atoms with Gasteiger partial charge in [0, 0.05) is 56.1 Å². The van der Waals surface area contributed by atoms with Crippen LogP contribution in [0.15, 0.2) is 48.3 Å². The Labute approximate surface area is 244 Å². The Morgan fingerprint density at radius 1 is 1.27 bits per heavy atom. The maximum absolute atomic E-state index is 13.6. The van der Waals surface area contributed by atoms with Crippen molar-refractivity contribution in [3.05, 3.63) is 65.4 Å². The lowest BCUT2D eigenvalue weighted by Crippen LogP contribution is -2.52. The van der Waals surface area contributed by atoms with Gasteiger partial charge in [-0.15, -0.1) is 23.2 Å². The number of anilines is 1. The molecule has 2 unspecified atom stereocenters. The number of allylic oxidation sites excluding steroid dienone is 4. The number of aromatic nitrogens is 3.